The number of unbranched alkanes of at least 4 members (excludes halogenated alkanes) is 25. The molecule has 3 unspecified atom stereocenters. The van der Waals surface area contributed by atoms with E-state index in [1.807, 2.05) is 27.2 Å². The highest BCUT2D eigenvalue weighted by Crippen LogP contribution is 2.38. The molecule has 0 radical (unpaired) electrons. The van der Waals surface area contributed by atoms with Gasteiger partial charge in [0.05, 0.1) is 39.9 Å². The molecule has 9 heteroatoms. The zero-order valence-corrected chi connectivity index (χ0v) is 43.8. The number of hydrogen-bond acceptors (Lipinski definition) is 6. The van der Waals surface area contributed by atoms with E-state index in [2.05, 4.69) is 79.9 Å². The molecule has 0 heterocycles. The third kappa shape index (κ3) is 49.7. The van der Waals surface area contributed by atoms with E-state index in [0.29, 0.717) is 17.4 Å². The first-order valence-electron chi connectivity index (χ1n) is 26.8. The van der Waals surface area contributed by atoms with Gasteiger partial charge in [0, 0.05) is 6.42 Å². The Morgan fingerprint density at radius 1 is 0.538 bits per heavy atom. The van der Waals surface area contributed by atoms with Crippen molar-refractivity contribution < 1.29 is 32.9 Å². The molecule has 0 aromatic carbocycles. The molecule has 0 saturated carbocycles. The van der Waals surface area contributed by atoms with Crippen LogP contribution in [0.2, 0.25) is 0 Å². The van der Waals surface area contributed by atoms with E-state index in [4.69, 9.17) is 9.05 Å². The second-order valence-electron chi connectivity index (χ2n) is 19.2. The fourth-order valence-corrected chi connectivity index (χ4v) is 8.09. The normalized spacial score (nSPS) is 14.6. The minimum atomic E-state index is -4.61. The Bertz CT molecular complexity index is 1290. The fourth-order valence-electron chi connectivity index (χ4n) is 7.37. The van der Waals surface area contributed by atoms with Crippen molar-refractivity contribution in [3.05, 3.63) is 72.9 Å². The number of aliphatic hydroxyl groups excluding tert-OH is 1. The molecule has 2 N–H and O–H groups in total. The summed E-state index contributed by atoms with van der Waals surface area (Å²) >= 11 is 0. The highest BCUT2D eigenvalue weighted by atomic mass is 31.2. The predicted molar refractivity (Wildman–Crippen MR) is 279 cm³/mol. The molecule has 0 fully saturated rings. The lowest BCUT2D eigenvalue weighted by Crippen LogP contribution is -2.45. The van der Waals surface area contributed by atoms with Gasteiger partial charge in [0.15, 0.2) is 0 Å². The van der Waals surface area contributed by atoms with E-state index in [1.165, 1.54) is 148 Å². The number of nitrogens with one attached hydrogen (secondary N) is 1. The number of quaternary nitrogens is 1. The van der Waals surface area contributed by atoms with Crippen molar-refractivity contribution in [2.24, 2.45) is 0 Å². The third-order valence-electron chi connectivity index (χ3n) is 11.6. The topological polar surface area (TPSA) is 108 Å². The molecule has 0 rings (SSSR count). The molecule has 1 amide bonds. The lowest BCUT2D eigenvalue weighted by atomic mass is 10.0. The summed E-state index contributed by atoms with van der Waals surface area (Å²) in [7, 11) is 1.23. The van der Waals surface area contributed by atoms with Gasteiger partial charge in [0.1, 0.15) is 13.2 Å². The average molecular weight is 931 g/mol. The van der Waals surface area contributed by atoms with Gasteiger partial charge in [0.2, 0.25) is 5.91 Å². The summed E-state index contributed by atoms with van der Waals surface area (Å²) < 4.78 is 23.3. The van der Waals surface area contributed by atoms with Crippen LogP contribution in [0.25, 0.3) is 0 Å². The van der Waals surface area contributed by atoms with Crippen LogP contribution in [0.15, 0.2) is 72.9 Å². The van der Waals surface area contributed by atoms with E-state index in [1.54, 1.807) is 6.08 Å². The Morgan fingerprint density at radius 2 is 0.908 bits per heavy atom. The van der Waals surface area contributed by atoms with Crippen molar-refractivity contribution >= 4 is 13.7 Å². The lowest BCUT2D eigenvalue weighted by molar-refractivity contribution is -0.870. The number of nitrogens with zero attached hydrogens (tertiary/aromatic N) is 1. The molecule has 0 aliphatic rings. The van der Waals surface area contributed by atoms with Crippen molar-refractivity contribution in [1.82, 2.24) is 5.32 Å². The van der Waals surface area contributed by atoms with Crippen LogP contribution >= 0.6 is 7.82 Å². The Hall–Kier alpha value is -2.06. The number of carbonyl (C=O) groups excluding carboxylic acids is 1. The molecule has 378 valence electrons. The summed E-state index contributed by atoms with van der Waals surface area (Å²) in [6.07, 6.45) is 63.9. The fraction of sp³-hybridized carbons (Fsp3) is 0.768. The summed E-state index contributed by atoms with van der Waals surface area (Å²) in [6.45, 7) is 4.60. The van der Waals surface area contributed by atoms with Gasteiger partial charge in [-0.3, -0.25) is 9.36 Å². The SMILES string of the molecule is CCCCCCC/C=C\C/C=C\C/C=C\CCCCCCCCCCCCC(=O)NC(COP(=O)([O-])OCC[N+](C)(C)C)C(O)/C=C/CC/C=C/CC/C=C/CCCCCCCCCC. The maximum atomic E-state index is 12.9. The third-order valence-corrected chi connectivity index (χ3v) is 12.6. The zero-order valence-electron chi connectivity index (χ0n) is 42.9. The van der Waals surface area contributed by atoms with Gasteiger partial charge in [-0.15, -0.1) is 0 Å². The maximum Gasteiger partial charge on any atom is 0.268 e. The van der Waals surface area contributed by atoms with E-state index in [-0.39, 0.29) is 12.5 Å². The summed E-state index contributed by atoms with van der Waals surface area (Å²) in [5, 5.41) is 13.8. The number of likely N-dealkylation sites (N-methyl/N-ethyl adjacent to an activating group) is 1. The quantitative estimate of drug-likeness (QED) is 0.0272. The van der Waals surface area contributed by atoms with Gasteiger partial charge in [-0.2, -0.15) is 0 Å². The number of allylic oxidation sites excluding steroid dienone is 11. The van der Waals surface area contributed by atoms with E-state index < -0.39 is 26.6 Å². The van der Waals surface area contributed by atoms with E-state index in [9.17, 15) is 19.4 Å². The molecule has 0 bridgehead atoms. The Labute approximate surface area is 402 Å². The summed E-state index contributed by atoms with van der Waals surface area (Å²) in [5.74, 6) is -0.217. The highest BCUT2D eigenvalue weighted by Gasteiger charge is 2.23. The number of hydrogen-bond donors (Lipinski definition) is 2. The Morgan fingerprint density at radius 3 is 1.35 bits per heavy atom. The number of phosphoric acid groups is 1. The Kier molecular flexibility index (Phi) is 45.5. The molecule has 65 heavy (non-hydrogen) atoms. The van der Waals surface area contributed by atoms with Gasteiger partial charge < -0.3 is 28.8 Å². The Balaban J connectivity index is 4.34. The van der Waals surface area contributed by atoms with Crippen LogP contribution in [0, 0.1) is 0 Å². The van der Waals surface area contributed by atoms with Crippen molar-refractivity contribution in [3.8, 4) is 0 Å². The zero-order chi connectivity index (χ0) is 47.8. The number of phosphoric ester groups is 1. The smallest absolute Gasteiger partial charge is 0.268 e. The number of carbonyl (C=O) groups is 1. The molecule has 0 saturated heterocycles. The molecular weight excluding hydrogens is 828 g/mol. The molecule has 0 aromatic heterocycles. The van der Waals surface area contributed by atoms with Gasteiger partial charge in [-0.25, -0.2) is 0 Å². The number of amides is 1. The van der Waals surface area contributed by atoms with Gasteiger partial charge in [-0.05, 0) is 83.5 Å². The maximum absolute atomic E-state index is 12.9. The van der Waals surface area contributed by atoms with Crippen molar-refractivity contribution in [1.29, 1.82) is 0 Å². The van der Waals surface area contributed by atoms with Crippen molar-refractivity contribution in [2.75, 3.05) is 40.9 Å². The first kappa shape index (κ1) is 62.9. The van der Waals surface area contributed by atoms with Crippen molar-refractivity contribution in [2.45, 2.75) is 238 Å². The molecule has 8 nitrogen and oxygen atoms in total. The van der Waals surface area contributed by atoms with Gasteiger partial charge in [0.25, 0.3) is 7.82 Å². The minimum absolute atomic E-state index is 0.0126. The number of rotatable bonds is 48. The van der Waals surface area contributed by atoms with Crippen LogP contribution in [0.5, 0.6) is 0 Å². The molecule has 0 aliphatic carbocycles. The predicted octanol–water partition coefficient (Wildman–Crippen LogP) is 15.3. The second-order valence-corrected chi connectivity index (χ2v) is 20.6. The summed E-state index contributed by atoms with van der Waals surface area (Å²) in [4.78, 5) is 25.4. The van der Waals surface area contributed by atoms with Crippen LogP contribution in [0.1, 0.15) is 226 Å². The average Bonchev–Trinajstić information content (AvgIpc) is 3.26. The summed E-state index contributed by atoms with van der Waals surface area (Å²) in [5.41, 5.74) is 0. The lowest BCUT2D eigenvalue weighted by Gasteiger charge is -2.29. The summed E-state index contributed by atoms with van der Waals surface area (Å²) in [6, 6.07) is -0.915. The molecule has 3 atom stereocenters. The molecular formula is C56H103N2O6P. The first-order valence-corrected chi connectivity index (χ1v) is 28.3. The largest absolute Gasteiger partial charge is 0.756 e. The monoisotopic (exact) mass is 931 g/mol. The minimum Gasteiger partial charge on any atom is -0.756 e. The highest BCUT2D eigenvalue weighted by molar-refractivity contribution is 7.45. The second kappa shape index (κ2) is 47.0. The van der Waals surface area contributed by atoms with Crippen LogP contribution in [-0.4, -0.2) is 68.5 Å². The number of aliphatic hydroxyl groups is 1. The van der Waals surface area contributed by atoms with Crippen LogP contribution in [0.3, 0.4) is 0 Å². The standard InChI is InChI=1S/C56H103N2O6P/c1-6-8-10-12-14-16-18-20-22-24-26-27-28-29-30-31-32-34-36-38-40-42-44-46-48-50-56(60)57-54(53-64-65(61,62)63-52-51-58(3,4)5)55(59)49-47-45-43-41-39-37-35-33-25-23-21-19-17-15-13-11-9-7-2/h18,20,24-26,28-29,33,39,41,47,49,54-55,59H,6-17,19,21-23,27,30-32,34-38,40,42-46,48,50-53H2,1-5H3,(H-,57,60,61,62)/b20-18-,26-24-,29-28-,33-25+,41-39+,49-47+. The molecule has 0 aromatic rings. The van der Waals surface area contributed by atoms with Gasteiger partial charge in [-0.1, -0.05) is 209 Å². The van der Waals surface area contributed by atoms with E-state index >= 15 is 0 Å². The van der Waals surface area contributed by atoms with Crippen LogP contribution in [0.4, 0.5) is 0 Å². The van der Waals surface area contributed by atoms with E-state index in [0.717, 1.165) is 57.8 Å². The van der Waals surface area contributed by atoms with Gasteiger partial charge >= 0.3 is 0 Å². The van der Waals surface area contributed by atoms with Crippen LogP contribution in [-0.2, 0) is 18.4 Å². The van der Waals surface area contributed by atoms with Crippen molar-refractivity contribution in [3.63, 3.8) is 0 Å². The van der Waals surface area contributed by atoms with Crippen LogP contribution < -0.4 is 10.2 Å². The molecule has 0 spiro atoms. The molecule has 0 aliphatic heterocycles. The first-order chi connectivity index (χ1) is 31.5.